The molecule has 1 atom stereocenters. The number of ether oxygens (including phenoxy) is 1. The highest BCUT2D eigenvalue weighted by atomic mass is 32.2. The van der Waals surface area contributed by atoms with Gasteiger partial charge in [0.1, 0.15) is 9.77 Å². The normalized spacial score (nSPS) is 19.9. The van der Waals surface area contributed by atoms with Gasteiger partial charge in [-0.1, -0.05) is 0 Å². The van der Waals surface area contributed by atoms with Gasteiger partial charge in [0, 0.05) is 28.2 Å². The fraction of sp³-hybridized carbons (Fsp3) is 0.333. The van der Waals surface area contributed by atoms with E-state index in [0.717, 1.165) is 24.2 Å². The third-order valence-corrected chi connectivity index (χ3v) is 9.38. The molecule has 0 spiro atoms. The number of aliphatic hydroxyl groups is 1. The maximum absolute atomic E-state index is 12.8. The summed E-state index contributed by atoms with van der Waals surface area (Å²) in [6.07, 6.45) is 2.40. The van der Waals surface area contributed by atoms with Crippen molar-refractivity contribution < 1.29 is 28.2 Å². The molecule has 1 fully saturated rings. The number of thiophene rings is 1. The van der Waals surface area contributed by atoms with Gasteiger partial charge in [0.15, 0.2) is 15.6 Å². The van der Waals surface area contributed by atoms with E-state index in [4.69, 9.17) is 4.74 Å². The molecule has 1 aliphatic heterocycles. The van der Waals surface area contributed by atoms with E-state index in [2.05, 4.69) is 0 Å². The molecule has 0 bridgehead atoms. The third kappa shape index (κ3) is 3.08. The van der Waals surface area contributed by atoms with Crippen molar-refractivity contribution >= 4 is 38.0 Å². The Morgan fingerprint density at radius 3 is 2.61 bits per heavy atom. The van der Waals surface area contributed by atoms with Crippen LogP contribution in [0.1, 0.15) is 47.3 Å². The maximum atomic E-state index is 12.8. The van der Waals surface area contributed by atoms with Gasteiger partial charge in [-0.15, -0.1) is 11.3 Å². The molecule has 0 radical (unpaired) electrons. The number of hydrogen-bond acceptors (Lipinski definition) is 7. The number of pyridine rings is 1. The molecule has 1 aliphatic carbocycles. The van der Waals surface area contributed by atoms with Gasteiger partial charge in [-0.3, -0.25) is 4.79 Å². The van der Waals surface area contributed by atoms with E-state index in [1.807, 2.05) is 0 Å². The molecule has 1 unspecified atom stereocenters. The highest BCUT2D eigenvalue weighted by molar-refractivity contribution is 7.93. The molecule has 8 nitrogen and oxygen atoms in total. The molecule has 0 amide bonds. The molecule has 5 rings (SSSR count). The van der Waals surface area contributed by atoms with Gasteiger partial charge in [0.05, 0.1) is 29.9 Å². The number of carbonyl (C=O) groups is 1. The first-order valence-corrected chi connectivity index (χ1v) is 12.2. The Morgan fingerprint density at radius 2 is 2.00 bits per heavy atom. The number of sulfone groups is 1. The third-order valence-electron chi connectivity index (χ3n) is 5.81. The van der Waals surface area contributed by atoms with Crippen molar-refractivity contribution in [1.82, 2.24) is 4.57 Å². The number of aromatic nitrogens is 1. The van der Waals surface area contributed by atoms with Crippen LogP contribution in [-0.4, -0.2) is 42.0 Å². The molecule has 2 N–H and O–H groups in total. The lowest BCUT2D eigenvalue weighted by molar-refractivity contribution is 0.0694. The number of carboxylic acids is 1. The summed E-state index contributed by atoms with van der Waals surface area (Å²) in [5.41, 5.74) is 0.581. The van der Waals surface area contributed by atoms with E-state index >= 15 is 0 Å². The summed E-state index contributed by atoms with van der Waals surface area (Å²) in [7, 11) is -2.00. The Balaban J connectivity index is 1.81. The smallest absolute Gasteiger partial charge is 0.341 e. The standard InChI is InChI=1S/C21H19NO7S2/c1-29-19-11(16-8-13-15(23)6-7-31(27,28)21(13)30-16)4-5-12-17(19)22(10-2-3-10)9-14(18(12)24)20(25)26/h4-5,8-10,15,23H,2-3,6-7H2,1H3,(H,25,26). The molecule has 1 saturated carbocycles. The minimum absolute atomic E-state index is 0.0732. The van der Waals surface area contributed by atoms with Crippen LogP contribution in [0, 0.1) is 0 Å². The molecular weight excluding hydrogens is 442 g/mol. The highest BCUT2D eigenvalue weighted by Gasteiger charge is 2.34. The van der Waals surface area contributed by atoms with Crippen LogP contribution in [0.3, 0.4) is 0 Å². The highest BCUT2D eigenvalue weighted by Crippen LogP contribution is 2.47. The molecule has 3 heterocycles. The zero-order valence-corrected chi connectivity index (χ0v) is 18.1. The minimum Gasteiger partial charge on any atom is -0.494 e. The zero-order chi connectivity index (χ0) is 22.1. The molecule has 2 aromatic heterocycles. The maximum Gasteiger partial charge on any atom is 0.341 e. The Labute approximate surface area is 181 Å². The van der Waals surface area contributed by atoms with Crippen molar-refractivity contribution in [2.45, 2.75) is 35.6 Å². The number of fused-ring (bicyclic) bond motifs is 2. The second kappa shape index (κ2) is 6.91. The van der Waals surface area contributed by atoms with Gasteiger partial charge in [0.25, 0.3) is 0 Å². The summed E-state index contributed by atoms with van der Waals surface area (Å²) in [4.78, 5) is 25.0. The van der Waals surface area contributed by atoms with Crippen LogP contribution in [-0.2, 0) is 9.84 Å². The fourth-order valence-corrected chi connectivity index (χ4v) is 7.39. The van der Waals surface area contributed by atoms with Gasteiger partial charge in [-0.05, 0) is 37.5 Å². The SMILES string of the molecule is COc1c(-c2cc3c(s2)S(=O)(=O)CCC3O)ccc2c(=O)c(C(=O)O)cn(C3CC3)c12. The average Bonchev–Trinajstić information content (AvgIpc) is 3.47. The van der Waals surface area contributed by atoms with E-state index in [9.17, 15) is 28.2 Å². The van der Waals surface area contributed by atoms with Gasteiger partial charge in [-0.2, -0.15) is 0 Å². The van der Waals surface area contributed by atoms with Crippen LogP contribution in [0.15, 0.2) is 33.4 Å². The van der Waals surface area contributed by atoms with Crippen molar-refractivity contribution in [3.05, 3.63) is 45.7 Å². The molecule has 10 heteroatoms. The molecular formula is C21H19NO7S2. The van der Waals surface area contributed by atoms with Crippen molar-refractivity contribution in [3.63, 3.8) is 0 Å². The summed E-state index contributed by atoms with van der Waals surface area (Å²) >= 11 is 1.07. The quantitative estimate of drug-likeness (QED) is 0.612. The van der Waals surface area contributed by atoms with Crippen molar-refractivity contribution in [2.24, 2.45) is 0 Å². The van der Waals surface area contributed by atoms with Crippen LogP contribution in [0.2, 0.25) is 0 Å². The number of hydrogen-bond donors (Lipinski definition) is 2. The second-order valence-electron chi connectivity index (χ2n) is 7.83. The summed E-state index contributed by atoms with van der Waals surface area (Å²) in [5, 5.41) is 20.0. The van der Waals surface area contributed by atoms with E-state index in [0.29, 0.717) is 27.3 Å². The molecule has 0 saturated heterocycles. The topological polar surface area (TPSA) is 123 Å². The molecule has 2 aliphatic rings. The predicted molar refractivity (Wildman–Crippen MR) is 115 cm³/mol. The summed E-state index contributed by atoms with van der Waals surface area (Å²) in [5.74, 6) is -1.01. The number of aromatic carboxylic acids is 1. The van der Waals surface area contributed by atoms with Crippen LogP contribution >= 0.6 is 11.3 Å². The largest absolute Gasteiger partial charge is 0.494 e. The van der Waals surface area contributed by atoms with E-state index in [1.165, 1.54) is 13.3 Å². The van der Waals surface area contributed by atoms with E-state index in [1.54, 1.807) is 22.8 Å². The Hall–Kier alpha value is -2.69. The summed E-state index contributed by atoms with van der Waals surface area (Å²) in [6.45, 7) is 0. The molecule has 31 heavy (non-hydrogen) atoms. The molecule has 1 aromatic carbocycles. The van der Waals surface area contributed by atoms with Crippen molar-refractivity contribution in [3.8, 4) is 16.2 Å². The first-order chi connectivity index (χ1) is 14.7. The Bertz CT molecular complexity index is 1410. The van der Waals surface area contributed by atoms with E-state index in [-0.39, 0.29) is 33.4 Å². The lowest BCUT2D eigenvalue weighted by atomic mass is 10.0. The van der Waals surface area contributed by atoms with Gasteiger partial charge < -0.3 is 19.5 Å². The number of nitrogens with zero attached hydrogens (tertiary/aromatic N) is 1. The Morgan fingerprint density at radius 1 is 1.26 bits per heavy atom. The monoisotopic (exact) mass is 461 g/mol. The van der Waals surface area contributed by atoms with Gasteiger partial charge in [-0.25, -0.2) is 13.2 Å². The summed E-state index contributed by atoms with van der Waals surface area (Å²) in [6, 6.07) is 4.94. The van der Waals surface area contributed by atoms with E-state index < -0.39 is 27.3 Å². The number of methoxy groups -OCH3 is 1. The van der Waals surface area contributed by atoms with Gasteiger partial charge in [0.2, 0.25) is 5.43 Å². The van der Waals surface area contributed by atoms with Crippen molar-refractivity contribution in [2.75, 3.05) is 12.9 Å². The lowest BCUT2D eigenvalue weighted by Gasteiger charge is -2.17. The number of rotatable bonds is 4. The minimum atomic E-state index is -3.46. The zero-order valence-electron chi connectivity index (χ0n) is 16.5. The number of carboxylic acid groups (broad SMARTS) is 1. The first kappa shape index (κ1) is 20.2. The van der Waals surface area contributed by atoms with Crippen LogP contribution in [0.5, 0.6) is 5.75 Å². The fourth-order valence-electron chi connectivity index (χ4n) is 4.12. The molecule has 3 aromatic rings. The number of benzene rings is 1. The van der Waals surface area contributed by atoms with Crippen LogP contribution in [0.4, 0.5) is 0 Å². The molecule has 162 valence electrons. The average molecular weight is 462 g/mol. The van der Waals surface area contributed by atoms with Crippen LogP contribution in [0.25, 0.3) is 21.3 Å². The van der Waals surface area contributed by atoms with Gasteiger partial charge >= 0.3 is 5.97 Å². The summed E-state index contributed by atoms with van der Waals surface area (Å²) < 4.78 is 32.6. The Kier molecular flexibility index (Phi) is 4.51. The lowest BCUT2D eigenvalue weighted by Crippen LogP contribution is -2.19. The second-order valence-corrected chi connectivity index (χ2v) is 11.2. The predicted octanol–water partition coefficient (Wildman–Crippen LogP) is 2.98. The number of aliphatic hydroxyl groups excluding tert-OH is 1. The van der Waals surface area contributed by atoms with Crippen molar-refractivity contribution in [1.29, 1.82) is 0 Å². The first-order valence-electron chi connectivity index (χ1n) is 9.77. The van der Waals surface area contributed by atoms with Crippen LogP contribution < -0.4 is 10.2 Å².